The number of nitrogens with zero attached hydrogens (tertiary/aromatic N) is 5. The van der Waals surface area contributed by atoms with Gasteiger partial charge in [0.15, 0.2) is 5.82 Å². The Morgan fingerprint density at radius 3 is 2.34 bits per heavy atom. The molecule has 2 aromatic carbocycles. The number of fused-ring (bicyclic) bond motifs is 1. The molecule has 6 rings (SSSR count). The minimum atomic E-state index is -4.32. The maximum absolute atomic E-state index is 13.8. The molecule has 15 nitrogen and oxygen atoms in total. The van der Waals surface area contributed by atoms with E-state index in [0.29, 0.717) is 54.8 Å². The first-order chi connectivity index (χ1) is 22.3. The average Bonchev–Trinajstić information content (AvgIpc) is 3.68. The van der Waals surface area contributed by atoms with Crippen LogP contribution in [0, 0.1) is 11.6 Å². The predicted octanol–water partition coefficient (Wildman–Crippen LogP) is 1.63. The number of nitrogens with one attached hydrogen (secondary N) is 3. The van der Waals surface area contributed by atoms with Crippen LogP contribution >= 0.6 is 0 Å². The topological polar surface area (TPSA) is 211 Å². The van der Waals surface area contributed by atoms with Crippen molar-refractivity contribution in [3.8, 4) is 11.4 Å². The summed E-state index contributed by atoms with van der Waals surface area (Å²) in [6, 6.07) is 4.87. The minimum absolute atomic E-state index is 0.0204. The van der Waals surface area contributed by atoms with Gasteiger partial charge in [-0.1, -0.05) is 0 Å². The molecule has 246 valence electrons. The second kappa shape index (κ2) is 12.2. The van der Waals surface area contributed by atoms with Crippen molar-refractivity contribution in [2.75, 3.05) is 50.0 Å². The molecule has 2 aromatic heterocycles. The molecule has 18 heteroatoms. The number of benzene rings is 2. The molecular formula is C29H29F2N9O6S. The van der Waals surface area contributed by atoms with E-state index in [0.717, 1.165) is 22.6 Å². The van der Waals surface area contributed by atoms with Crippen LogP contribution in [0.2, 0.25) is 0 Å². The second-order valence-electron chi connectivity index (χ2n) is 11.2. The van der Waals surface area contributed by atoms with E-state index >= 15 is 0 Å². The van der Waals surface area contributed by atoms with Gasteiger partial charge >= 0.3 is 5.97 Å². The summed E-state index contributed by atoms with van der Waals surface area (Å²) < 4.78 is 55.2. The highest BCUT2D eigenvalue weighted by atomic mass is 32.2. The third kappa shape index (κ3) is 6.17. The van der Waals surface area contributed by atoms with Gasteiger partial charge in [0.1, 0.15) is 23.2 Å². The first-order valence-corrected chi connectivity index (χ1v) is 15.8. The van der Waals surface area contributed by atoms with Gasteiger partial charge in [-0.25, -0.2) is 27.0 Å². The number of aromatic carboxylic acids is 1. The number of imidazole rings is 1. The smallest absolute Gasteiger partial charge is 0.353 e. The number of H-pyrrole nitrogens is 2. The van der Waals surface area contributed by atoms with Crippen molar-refractivity contribution < 1.29 is 36.7 Å². The van der Waals surface area contributed by atoms with E-state index in [9.17, 15) is 36.7 Å². The molecule has 0 bridgehead atoms. The Bertz CT molecular complexity index is 2000. The van der Waals surface area contributed by atoms with Crippen molar-refractivity contribution in [3.05, 3.63) is 76.2 Å². The van der Waals surface area contributed by atoms with Crippen molar-refractivity contribution >= 4 is 39.3 Å². The van der Waals surface area contributed by atoms with Crippen LogP contribution in [0.3, 0.4) is 0 Å². The summed E-state index contributed by atoms with van der Waals surface area (Å²) in [5.74, 6) is -4.92. The zero-order valence-corrected chi connectivity index (χ0v) is 25.7. The van der Waals surface area contributed by atoms with E-state index in [1.54, 1.807) is 0 Å². The van der Waals surface area contributed by atoms with Crippen LogP contribution in [-0.2, 0) is 23.0 Å². The third-order valence-corrected chi connectivity index (χ3v) is 9.98. The number of sulfonamides is 1. The highest BCUT2D eigenvalue weighted by Gasteiger charge is 2.33. The van der Waals surface area contributed by atoms with E-state index in [1.165, 1.54) is 12.1 Å². The van der Waals surface area contributed by atoms with Gasteiger partial charge in [-0.3, -0.25) is 14.7 Å². The van der Waals surface area contributed by atoms with Crippen LogP contribution in [0.1, 0.15) is 42.5 Å². The van der Waals surface area contributed by atoms with Crippen LogP contribution in [-0.4, -0.2) is 100 Å². The van der Waals surface area contributed by atoms with E-state index in [4.69, 9.17) is 5.73 Å². The molecular weight excluding hydrogens is 640 g/mol. The molecule has 6 N–H and O–H groups in total. The molecule has 2 amide bonds. The lowest BCUT2D eigenvalue weighted by molar-refractivity contribution is 0.0690. The minimum Gasteiger partial charge on any atom is -0.477 e. The number of likely N-dealkylation sites (N-methyl/N-ethyl adjacent to an activating group) is 1. The normalized spacial score (nSPS) is 15.8. The van der Waals surface area contributed by atoms with Gasteiger partial charge in [-0.15, -0.1) is 0 Å². The molecule has 0 unspecified atom stereocenters. The molecule has 4 aromatic rings. The fourth-order valence-electron chi connectivity index (χ4n) is 5.63. The van der Waals surface area contributed by atoms with Crippen LogP contribution in [0.25, 0.3) is 11.4 Å². The largest absolute Gasteiger partial charge is 0.477 e. The van der Waals surface area contributed by atoms with Crippen LogP contribution in [0.15, 0.2) is 41.4 Å². The molecule has 0 atom stereocenters. The number of halogens is 2. The number of carboxylic acids is 1. The van der Waals surface area contributed by atoms with Crippen LogP contribution < -0.4 is 16.0 Å². The Morgan fingerprint density at radius 2 is 1.70 bits per heavy atom. The van der Waals surface area contributed by atoms with Crippen LogP contribution in [0.4, 0.5) is 20.3 Å². The summed E-state index contributed by atoms with van der Waals surface area (Å²) in [7, 11) is -2.36. The Labute approximate surface area is 266 Å². The molecule has 47 heavy (non-hydrogen) atoms. The van der Waals surface area contributed by atoms with E-state index in [1.807, 2.05) is 11.9 Å². The van der Waals surface area contributed by atoms with Gasteiger partial charge in [0.2, 0.25) is 15.9 Å². The number of carbonyl (C=O) groups is 3. The van der Waals surface area contributed by atoms with Crippen molar-refractivity contribution in [3.63, 3.8) is 0 Å². The van der Waals surface area contributed by atoms with Crippen molar-refractivity contribution in [2.45, 2.75) is 17.9 Å². The molecule has 4 heterocycles. The maximum atomic E-state index is 13.8. The molecule has 1 saturated heterocycles. The number of primary amides is 1. The number of amides is 2. The Hall–Kier alpha value is -5.20. The summed E-state index contributed by atoms with van der Waals surface area (Å²) in [4.78, 5) is 48.5. The summed E-state index contributed by atoms with van der Waals surface area (Å²) >= 11 is 0. The molecule has 0 aliphatic carbocycles. The Morgan fingerprint density at radius 1 is 1.00 bits per heavy atom. The number of carboxylic acid groups (broad SMARTS) is 1. The fraction of sp³-hybridized carbons (Fsp3) is 0.276. The number of aromatic amines is 2. The lowest BCUT2D eigenvalue weighted by Crippen LogP contribution is -2.44. The highest BCUT2D eigenvalue weighted by molar-refractivity contribution is 7.89. The molecule has 0 radical (unpaired) electrons. The molecule has 2 aliphatic heterocycles. The number of aromatic nitrogens is 4. The number of piperazine rings is 1. The first kappa shape index (κ1) is 31.8. The van der Waals surface area contributed by atoms with E-state index < -0.39 is 44.3 Å². The van der Waals surface area contributed by atoms with Crippen molar-refractivity contribution in [2.24, 2.45) is 5.73 Å². The third-order valence-electron chi connectivity index (χ3n) is 8.16. The summed E-state index contributed by atoms with van der Waals surface area (Å²) in [5.41, 5.74) is 6.99. The number of nitrogens with two attached hydrogens (primary N) is 1. The van der Waals surface area contributed by atoms with Gasteiger partial charge in [0.05, 0.1) is 22.2 Å². The summed E-state index contributed by atoms with van der Waals surface area (Å²) in [6.45, 7) is 2.26. The molecule has 0 saturated carbocycles. The first-order valence-electron chi connectivity index (χ1n) is 14.4. The summed E-state index contributed by atoms with van der Waals surface area (Å²) in [5, 5.41) is 19.0. The average molecular weight is 670 g/mol. The quantitative estimate of drug-likeness (QED) is 0.183. The number of carbonyl (C=O) groups excluding carboxylic acids is 2. The highest BCUT2D eigenvalue weighted by Crippen LogP contribution is 2.34. The Balaban J connectivity index is 1.35. The van der Waals surface area contributed by atoms with Gasteiger partial charge in [-0.05, 0) is 31.3 Å². The van der Waals surface area contributed by atoms with Gasteiger partial charge in [-0.2, -0.15) is 9.40 Å². The van der Waals surface area contributed by atoms with Gasteiger partial charge < -0.3 is 30.9 Å². The predicted molar refractivity (Wildman–Crippen MR) is 163 cm³/mol. The Kier molecular flexibility index (Phi) is 8.24. The van der Waals surface area contributed by atoms with Gasteiger partial charge in [0.25, 0.3) is 5.91 Å². The number of hydrogen-bond donors (Lipinski definition) is 5. The monoisotopic (exact) mass is 669 g/mol. The zero-order valence-electron chi connectivity index (χ0n) is 24.9. The molecule has 0 spiro atoms. The maximum Gasteiger partial charge on any atom is 0.353 e. The second-order valence-corrected chi connectivity index (χ2v) is 13.1. The lowest BCUT2D eigenvalue weighted by atomic mass is 9.98. The number of rotatable bonds is 8. The van der Waals surface area contributed by atoms with Crippen molar-refractivity contribution in [1.82, 2.24) is 29.4 Å². The molecule has 1 fully saturated rings. The van der Waals surface area contributed by atoms with Crippen molar-refractivity contribution in [1.29, 1.82) is 0 Å². The standard InChI is InChI=1S/C29H29F2N9O6S/c1-38-4-6-39(7-5-38)24-12-18(25(32)41)19(11-20(24)26-33-13-23(34-26)29(43)44)28(42)35-27-21-14-40(3-2-22(21)36-37-27)47(45,46)17-9-15(30)8-16(31)10-17/h8-13H,2-7,14H2,1H3,(H2,32,41)(H,33,34)(H,43,44)(H2,35,36,37,42). The van der Waals surface area contributed by atoms with Gasteiger partial charge in [0, 0.05) is 74.3 Å². The van der Waals surface area contributed by atoms with E-state index in [-0.39, 0.29) is 48.0 Å². The molecule has 2 aliphatic rings. The van der Waals surface area contributed by atoms with Crippen LogP contribution in [0.5, 0.6) is 0 Å². The SMILES string of the molecule is CN1CCN(c2cc(C(N)=O)c(C(=O)Nc3n[nH]c4c3CN(S(=O)(=O)c3cc(F)cc(F)c3)CC4)cc2-c2ncc(C(=O)O)[nH]2)CC1. The summed E-state index contributed by atoms with van der Waals surface area (Å²) in [6.07, 6.45) is 1.30. The van der Waals surface area contributed by atoms with E-state index in [2.05, 4.69) is 30.4 Å². The number of anilines is 2. The lowest BCUT2D eigenvalue weighted by Gasteiger charge is -2.35. The zero-order chi connectivity index (χ0) is 33.6. The number of hydrogen-bond acceptors (Lipinski definition) is 9. The fourth-order valence-corrected chi connectivity index (χ4v) is 7.08.